The van der Waals surface area contributed by atoms with Gasteiger partial charge in [-0.25, -0.2) is 0 Å². The van der Waals surface area contributed by atoms with Crippen molar-refractivity contribution in [2.24, 2.45) is 0 Å². The second kappa shape index (κ2) is 14.8. The molecule has 0 bridgehead atoms. The van der Waals surface area contributed by atoms with Crippen LogP contribution in [-0.2, 0) is 0 Å². The van der Waals surface area contributed by atoms with E-state index in [1.807, 2.05) is 12.1 Å². The van der Waals surface area contributed by atoms with Gasteiger partial charge in [-0.2, -0.15) is 0 Å². The quantitative estimate of drug-likeness (QED) is 0.150. The number of furan rings is 1. The lowest BCUT2D eigenvalue weighted by atomic mass is 9.96. The van der Waals surface area contributed by atoms with Crippen LogP contribution in [0.1, 0.15) is 0 Å². The van der Waals surface area contributed by atoms with E-state index in [0.29, 0.717) is 0 Å². The molecule has 290 valence electrons. The summed E-state index contributed by atoms with van der Waals surface area (Å²) >= 11 is 0. The Morgan fingerprint density at radius 2 is 0.758 bits per heavy atom. The zero-order valence-corrected chi connectivity index (χ0v) is 33.9. The summed E-state index contributed by atoms with van der Waals surface area (Å²) in [6.45, 7) is 0. The Hall–Kier alpha value is -8.20. The molecule has 0 radical (unpaired) electrons. The fraction of sp³-hybridized carbons (Fsp3) is 0. The summed E-state index contributed by atoms with van der Waals surface area (Å²) in [7, 11) is 0. The summed E-state index contributed by atoms with van der Waals surface area (Å²) < 4.78 is 6.31. The third-order valence-electron chi connectivity index (χ3n) is 12.4. The van der Waals surface area contributed by atoms with Crippen molar-refractivity contribution in [2.75, 3.05) is 4.90 Å². The lowest BCUT2D eigenvalue weighted by Gasteiger charge is -2.27. The van der Waals surface area contributed by atoms with E-state index in [-0.39, 0.29) is 0 Å². The van der Waals surface area contributed by atoms with Crippen LogP contribution in [0.2, 0.25) is 0 Å². The van der Waals surface area contributed by atoms with Crippen molar-refractivity contribution in [3.63, 3.8) is 0 Å². The summed E-state index contributed by atoms with van der Waals surface area (Å²) in [5, 5.41) is 9.83. The van der Waals surface area contributed by atoms with Gasteiger partial charge in [0.1, 0.15) is 11.2 Å². The third-order valence-corrected chi connectivity index (χ3v) is 12.4. The van der Waals surface area contributed by atoms with Crippen LogP contribution >= 0.6 is 0 Å². The molecule has 0 atom stereocenters. The molecule has 0 spiro atoms. The molecule has 2 heteroatoms. The lowest BCUT2D eigenvalue weighted by molar-refractivity contribution is 0.669. The van der Waals surface area contributed by atoms with E-state index in [1.165, 1.54) is 65.7 Å². The maximum atomic E-state index is 6.31. The third kappa shape index (κ3) is 6.20. The fourth-order valence-electron chi connectivity index (χ4n) is 9.42. The van der Waals surface area contributed by atoms with Gasteiger partial charge in [-0.1, -0.05) is 182 Å². The Morgan fingerprint density at radius 1 is 0.258 bits per heavy atom. The van der Waals surface area contributed by atoms with Crippen LogP contribution in [0.3, 0.4) is 0 Å². The van der Waals surface area contributed by atoms with Crippen molar-refractivity contribution in [2.45, 2.75) is 0 Å². The van der Waals surface area contributed by atoms with Crippen LogP contribution in [0.25, 0.3) is 98.8 Å². The molecule has 0 amide bonds. The molecule has 2 nitrogen and oxygen atoms in total. The minimum absolute atomic E-state index is 0.892. The first-order valence-electron chi connectivity index (χ1n) is 21.2. The summed E-state index contributed by atoms with van der Waals surface area (Å²) in [5.74, 6) is 0. The molecule has 0 saturated heterocycles. The highest BCUT2D eigenvalue weighted by Gasteiger charge is 2.18. The molecule has 11 aromatic carbocycles. The highest BCUT2D eigenvalue weighted by molar-refractivity contribution is 6.13. The van der Waals surface area contributed by atoms with Crippen LogP contribution in [0.15, 0.2) is 241 Å². The van der Waals surface area contributed by atoms with E-state index in [4.69, 9.17) is 4.42 Å². The molecule has 0 aliphatic carbocycles. The fourth-order valence-corrected chi connectivity index (χ4v) is 9.42. The summed E-state index contributed by atoms with van der Waals surface area (Å²) in [4.78, 5) is 2.38. The van der Waals surface area contributed by atoms with Gasteiger partial charge in [-0.05, 0) is 131 Å². The smallest absolute Gasteiger partial charge is 0.136 e. The van der Waals surface area contributed by atoms with Gasteiger partial charge in [0.15, 0.2) is 0 Å². The molecule has 0 saturated carbocycles. The molecule has 1 heterocycles. The van der Waals surface area contributed by atoms with Gasteiger partial charge < -0.3 is 9.32 Å². The number of fused-ring (bicyclic) bond motifs is 7. The molecule has 0 aliphatic rings. The topological polar surface area (TPSA) is 16.4 Å². The number of benzene rings is 11. The van der Waals surface area contributed by atoms with E-state index >= 15 is 0 Å². The maximum absolute atomic E-state index is 6.31. The van der Waals surface area contributed by atoms with E-state index < -0.39 is 0 Å². The largest absolute Gasteiger partial charge is 0.456 e. The zero-order chi connectivity index (χ0) is 41.0. The van der Waals surface area contributed by atoms with Crippen LogP contribution in [-0.4, -0.2) is 0 Å². The minimum Gasteiger partial charge on any atom is -0.456 e. The van der Waals surface area contributed by atoms with Gasteiger partial charge in [0.05, 0.1) is 0 Å². The molecule has 1 aromatic heterocycles. The summed E-state index contributed by atoms with van der Waals surface area (Å²) in [6, 6.07) is 85.5. The van der Waals surface area contributed by atoms with E-state index in [2.05, 4.69) is 229 Å². The Kier molecular flexibility index (Phi) is 8.53. The normalized spacial score (nSPS) is 11.5. The van der Waals surface area contributed by atoms with Crippen LogP contribution in [0, 0.1) is 0 Å². The predicted molar refractivity (Wildman–Crippen MR) is 263 cm³/mol. The SMILES string of the molecule is c1cc(-c2cccc3ccccc23)cc(N(c2ccc(-c3ccc(-c4ccc5c(ccc6ccccc65)c4)cc3)cc2)c2cccc(-c3cccc4oc5ccccc5c34)c2)c1. The highest BCUT2D eigenvalue weighted by Crippen LogP contribution is 2.42. The molecule has 0 N–H and O–H groups in total. The van der Waals surface area contributed by atoms with Crippen molar-refractivity contribution < 1.29 is 4.42 Å². The van der Waals surface area contributed by atoms with Crippen molar-refractivity contribution in [1.82, 2.24) is 0 Å². The maximum Gasteiger partial charge on any atom is 0.136 e. The standard InChI is InChI=1S/C60H39NO/c1-3-18-52-43(11-1)13-9-21-54(52)46-14-7-16-50(38-46)61(51-17-8-15-47(39-51)56-22-10-24-59-60(56)57-20-5-6-23-58(57)62-59)49-34-31-41(32-35-49)40-25-27-42(28-26-40)45-33-36-55-48(37-45)30-29-44-12-2-4-19-53(44)55/h1-39H. The molecule has 0 fully saturated rings. The van der Waals surface area contributed by atoms with Crippen molar-refractivity contribution >= 4 is 71.3 Å². The van der Waals surface area contributed by atoms with Crippen molar-refractivity contribution in [3.8, 4) is 44.5 Å². The van der Waals surface area contributed by atoms with Crippen LogP contribution in [0.4, 0.5) is 17.1 Å². The molecule has 12 aromatic rings. The Labute approximate surface area is 360 Å². The number of anilines is 3. The molecule has 0 aliphatic heterocycles. The number of nitrogens with zero attached hydrogens (tertiary/aromatic N) is 1. The average Bonchev–Trinajstić information content (AvgIpc) is 3.73. The average molecular weight is 790 g/mol. The first-order valence-corrected chi connectivity index (χ1v) is 21.2. The van der Waals surface area contributed by atoms with Gasteiger partial charge in [0.25, 0.3) is 0 Å². The van der Waals surface area contributed by atoms with Crippen molar-refractivity contribution in [1.29, 1.82) is 0 Å². The second-order valence-corrected chi connectivity index (χ2v) is 16.1. The van der Waals surface area contributed by atoms with Crippen LogP contribution in [0.5, 0.6) is 0 Å². The Bertz CT molecular complexity index is 3630. The van der Waals surface area contributed by atoms with Crippen molar-refractivity contribution in [3.05, 3.63) is 237 Å². The second-order valence-electron chi connectivity index (χ2n) is 16.1. The minimum atomic E-state index is 0.892. The number of para-hydroxylation sites is 1. The predicted octanol–water partition coefficient (Wildman–Crippen LogP) is 17.2. The molecule has 12 rings (SSSR count). The lowest BCUT2D eigenvalue weighted by Crippen LogP contribution is -2.10. The monoisotopic (exact) mass is 789 g/mol. The number of hydrogen-bond acceptors (Lipinski definition) is 2. The first-order chi connectivity index (χ1) is 30.7. The van der Waals surface area contributed by atoms with E-state index in [0.717, 1.165) is 50.1 Å². The molecular weight excluding hydrogens is 751 g/mol. The van der Waals surface area contributed by atoms with Crippen LogP contribution < -0.4 is 4.90 Å². The molecular formula is C60H39NO. The van der Waals surface area contributed by atoms with E-state index in [1.54, 1.807) is 0 Å². The first kappa shape index (κ1) is 35.7. The molecule has 62 heavy (non-hydrogen) atoms. The number of rotatable bonds is 7. The van der Waals surface area contributed by atoms with Gasteiger partial charge in [0, 0.05) is 27.8 Å². The van der Waals surface area contributed by atoms with Gasteiger partial charge >= 0.3 is 0 Å². The summed E-state index contributed by atoms with van der Waals surface area (Å²) in [5.41, 5.74) is 14.5. The highest BCUT2D eigenvalue weighted by atomic mass is 16.3. The van der Waals surface area contributed by atoms with Gasteiger partial charge in [-0.15, -0.1) is 0 Å². The Morgan fingerprint density at radius 3 is 1.52 bits per heavy atom. The van der Waals surface area contributed by atoms with Gasteiger partial charge in [0.2, 0.25) is 0 Å². The zero-order valence-electron chi connectivity index (χ0n) is 33.9. The number of hydrogen-bond donors (Lipinski definition) is 0. The summed E-state index contributed by atoms with van der Waals surface area (Å²) in [6.07, 6.45) is 0. The molecule has 0 unspecified atom stereocenters. The van der Waals surface area contributed by atoms with E-state index in [9.17, 15) is 0 Å². The Balaban J connectivity index is 0.931. The van der Waals surface area contributed by atoms with Gasteiger partial charge in [-0.3, -0.25) is 0 Å².